The van der Waals surface area contributed by atoms with E-state index in [9.17, 15) is 0 Å². The van der Waals surface area contributed by atoms with Crippen LogP contribution in [0.5, 0.6) is 0 Å². The van der Waals surface area contributed by atoms with Crippen LogP contribution in [0.3, 0.4) is 0 Å². The molecule has 2 N–H and O–H groups in total. The van der Waals surface area contributed by atoms with E-state index < -0.39 is 0 Å². The van der Waals surface area contributed by atoms with Crippen molar-refractivity contribution < 1.29 is 4.74 Å². The molecule has 0 fully saturated rings. The molecule has 0 aliphatic heterocycles. The van der Waals surface area contributed by atoms with Gasteiger partial charge in [0, 0.05) is 12.8 Å². The molecule has 0 aliphatic rings. The molecule has 2 heteroatoms. The normalized spacial score (nSPS) is 12.8. The number of methoxy groups -OCH3 is 1. The molecule has 0 heterocycles. The highest BCUT2D eigenvalue weighted by molar-refractivity contribution is 5.39. The van der Waals surface area contributed by atoms with Gasteiger partial charge in [-0.25, -0.2) is 0 Å². The van der Waals surface area contributed by atoms with Gasteiger partial charge in [-0.05, 0) is 24.1 Å². The summed E-state index contributed by atoms with van der Waals surface area (Å²) in [5, 5.41) is 0. The Morgan fingerprint density at radius 2 is 2.00 bits per heavy atom. The van der Waals surface area contributed by atoms with E-state index in [0.29, 0.717) is 0 Å². The topological polar surface area (TPSA) is 35.2 Å². The maximum atomic E-state index is 5.55. The lowest BCUT2D eigenvalue weighted by molar-refractivity contribution is 0.105. The molecule has 1 radical (unpaired) electrons. The number of hydrogen-bond donors (Lipinski definition) is 1. The molecule has 0 saturated heterocycles. The van der Waals surface area contributed by atoms with E-state index in [1.807, 2.05) is 24.3 Å². The molecule has 0 spiro atoms. The van der Waals surface area contributed by atoms with Gasteiger partial charge in [-0.15, -0.1) is 0 Å². The molecule has 1 rings (SSSR count). The fourth-order valence-electron chi connectivity index (χ4n) is 1.13. The van der Waals surface area contributed by atoms with Crippen molar-refractivity contribution in [3.63, 3.8) is 0 Å². The first-order valence-corrected chi connectivity index (χ1v) is 3.95. The summed E-state index contributed by atoms with van der Waals surface area (Å²) < 4.78 is 5.22. The zero-order valence-electron chi connectivity index (χ0n) is 7.29. The Kier molecular flexibility index (Phi) is 3.11. The molecule has 65 valence electrons. The van der Waals surface area contributed by atoms with Crippen LogP contribution >= 0.6 is 0 Å². The van der Waals surface area contributed by atoms with Crippen LogP contribution < -0.4 is 5.73 Å². The van der Waals surface area contributed by atoms with Crippen LogP contribution in [-0.4, -0.2) is 7.11 Å². The van der Waals surface area contributed by atoms with E-state index in [1.54, 1.807) is 7.11 Å². The number of rotatable bonds is 3. The first kappa shape index (κ1) is 9.07. The van der Waals surface area contributed by atoms with Crippen LogP contribution in [0.2, 0.25) is 0 Å². The average molecular weight is 164 g/mol. The van der Waals surface area contributed by atoms with Gasteiger partial charge < -0.3 is 10.5 Å². The molecule has 1 aromatic rings. The van der Waals surface area contributed by atoms with Gasteiger partial charge in [0.25, 0.3) is 0 Å². The lowest BCUT2D eigenvalue weighted by Crippen LogP contribution is -1.99. The molecule has 0 aromatic heterocycles. The number of nitrogens with two attached hydrogens (primary N) is 1. The Labute approximate surface area is 73.3 Å². The van der Waals surface area contributed by atoms with Gasteiger partial charge in [-0.2, -0.15) is 0 Å². The molecular formula is C10H14NO. The van der Waals surface area contributed by atoms with Crippen molar-refractivity contribution in [1.82, 2.24) is 0 Å². The maximum Gasteiger partial charge on any atom is 0.0821 e. The van der Waals surface area contributed by atoms with Gasteiger partial charge in [0.15, 0.2) is 0 Å². The van der Waals surface area contributed by atoms with E-state index in [0.717, 1.165) is 17.7 Å². The maximum absolute atomic E-state index is 5.55. The van der Waals surface area contributed by atoms with Gasteiger partial charge in [0.05, 0.1) is 6.10 Å². The Bertz CT molecular complexity index is 226. The van der Waals surface area contributed by atoms with Crippen LogP contribution in [0.4, 0.5) is 5.69 Å². The molecule has 0 saturated carbocycles. The second-order valence-corrected chi connectivity index (χ2v) is 2.68. The second-order valence-electron chi connectivity index (χ2n) is 2.68. The van der Waals surface area contributed by atoms with Gasteiger partial charge in [0.2, 0.25) is 0 Å². The fraction of sp³-hybridized carbons (Fsp3) is 0.300. The lowest BCUT2D eigenvalue weighted by Gasteiger charge is -2.12. The lowest BCUT2D eigenvalue weighted by atomic mass is 10.1. The smallest absolute Gasteiger partial charge is 0.0821 e. The number of ether oxygens (including phenoxy) is 1. The minimum atomic E-state index is 0.0885. The first-order valence-electron chi connectivity index (χ1n) is 3.95. The molecular weight excluding hydrogens is 150 g/mol. The Balaban J connectivity index is 2.80. The summed E-state index contributed by atoms with van der Waals surface area (Å²) in [5.74, 6) is 0. The monoisotopic (exact) mass is 164 g/mol. The number of anilines is 1. The Morgan fingerprint density at radius 3 is 2.42 bits per heavy atom. The van der Waals surface area contributed by atoms with Crippen LogP contribution in [0.1, 0.15) is 18.1 Å². The van der Waals surface area contributed by atoms with Gasteiger partial charge in [-0.1, -0.05) is 19.1 Å². The molecule has 1 aromatic carbocycles. The van der Waals surface area contributed by atoms with E-state index in [-0.39, 0.29) is 6.10 Å². The molecule has 0 amide bonds. The predicted octanol–water partition coefficient (Wildman–Crippen LogP) is 2.18. The average Bonchev–Trinajstić information content (AvgIpc) is 2.10. The number of benzene rings is 1. The first-order chi connectivity index (χ1) is 5.77. The van der Waals surface area contributed by atoms with E-state index >= 15 is 0 Å². The van der Waals surface area contributed by atoms with Gasteiger partial charge in [0.1, 0.15) is 0 Å². The SMILES string of the molecule is [CH2]CC(OC)c1ccc(N)cc1. The summed E-state index contributed by atoms with van der Waals surface area (Å²) in [5.41, 5.74) is 7.46. The zero-order valence-corrected chi connectivity index (χ0v) is 7.29. The predicted molar refractivity (Wildman–Crippen MR) is 50.6 cm³/mol. The zero-order chi connectivity index (χ0) is 8.97. The Morgan fingerprint density at radius 1 is 1.42 bits per heavy atom. The van der Waals surface area contributed by atoms with E-state index in [1.165, 1.54) is 0 Å². The fourth-order valence-corrected chi connectivity index (χ4v) is 1.13. The quantitative estimate of drug-likeness (QED) is 0.695. The minimum absolute atomic E-state index is 0.0885. The number of hydrogen-bond acceptors (Lipinski definition) is 2. The molecule has 2 nitrogen and oxygen atoms in total. The summed E-state index contributed by atoms with van der Waals surface area (Å²) in [6, 6.07) is 7.68. The van der Waals surface area contributed by atoms with Gasteiger partial charge >= 0.3 is 0 Å². The highest BCUT2D eigenvalue weighted by atomic mass is 16.5. The van der Waals surface area contributed by atoms with Crippen LogP contribution in [0.25, 0.3) is 0 Å². The third-order valence-corrected chi connectivity index (χ3v) is 1.85. The standard InChI is InChI=1S/C10H14NO/c1-3-10(12-2)8-4-6-9(11)7-5-8/h4-7,10H,1,3,11H2,2H3. The second kappa shape index (κ2) is 4.12. The van der Waals surface area contributed by atoms with Crippen molar-refractivity contribution in [2.75, 3.05) is 12.8 Å². The van der Waals surface area contributed by atoms with Crippen molar-refractivity contribution in [2.45, 2.75) is 12.5 Å². The largest absolute Gasteiger partial charge is 0.399 e. The summed E-state index contributed by atoms with van der Waals surface area (Å²) in [7, 11) is 1.69. The van der Waals surface area contributed by atoms with Crippen molar-refractivity contribution in [3.05, 3.63) is 36.8 Å². The molecule has 0 bridgehead atoms. The third-order valence-electron chi connectivity index (χ3n) is 1.85. The number of nitrogen functional groups attached to an aromatic ring is 1. The summed E-state index contributed by atoms with van der Waals surface area (Å²) >= 11 is 0. The van der Waals surface area contributed by atoms with Crippen LogP contribution in [-0.2, 0) is 4.74 Å². The Hall–Kier alpha value is -1.02. The minimum Gasteiger partial charge on any atom is -0.399 e. The third kappa shape index (κ3) is 1.98. The van der Waals surface area contributed by atoms with Gasteiger partial charge in [-0.3, -0.25) is 0 Å². The molecule has 1 atom stereocenters. The summed E-state index contributed by atoms with van der Waals surface area (Å²) in [4.78, 5) is 0. The van der Waals surface area contributed by atoms with Crippen LogP contribution in [0.15, 0.2) is 24.3 Å². The summed E-state index contributed by atoms with van der Waals surface area (Å²) in [6.45, 7) is 3.80. The summed E-state index contributed by atoms with van der Waals surface area (Å²) in [6.07, 6.45) is 0.825. The molecule has 12 heavy (non-hydrogen) atoms. The highest BCUT2D eigenvalue weighted by Gasteiger charge is 2.05. The van der Waals surface area contributed by atoms with E-state index in [2.05, 4.69) is 6.92 Å². The van der Waals surface area contributed by atoms with E-state index in [4.69, 9.17) is 10.5 Å². The molecule has 1 unspecified atom stereocenters. The molecule has 0 aliphatic carbocycles. The van der Waals surface area contributed by atoms with Crippen molar-refractivity contribution in [3.8, 4) is 0 Å². The highest BCUT2D eigenvalue weighted by Crippen LogP contribution is 2.20. The van der Waals surface area contributed by atoms with Crippen molar-refractivity contribution >= 4 is 5.69 Å². The van der Waals surface area contributed by atoms with Crippen molar-refractivity contribution in [1.29, 1.82) is 0 Å². The van der Waals surface area contributed by atoms with Crippen LogP contribution in [0, 0.1) is 6.92 Å². The van der Waals surface area contributed by atoms with Crippen molar-refractivity contribution in [2.24, 2.45) is 0 Å².